The number of H-pyrrole nitrogens is 1. The molecule has 1 radical (unpaired) electrons. The molecule has 2 rings (SSSR count). The van der Waals surface area contributed by atoms with Gasteiger partial charge in [0.1, 0.15) is 0 Å². The monoisotopic (exact) mass is 176 g/mol. The molecule has 12 heavy (non-hydrogen) atoms. The zero-order valence-electron chi connectivity index (χ0n) is 6.22. The van der Waals surface area contributed by atoms with Gasteiger partial charge in [-0.05, 0) is 10.4 Å². The maximum Gasteiger partial charge on any atom is 0.353 e. The van der Waals surface area contributed by atoms with Crippen LogP contribution in [-0.2, 0) is 0 Å². The van der Waals surface area contributed by atoms with E-state index >= 15 is 0 Å². The van der Waals surface area contributed by atoms with Gasteiger partial charge in [-0.25, -0.2) is 4.79 Å². The van der Waals surface area contributed by atoms with E-state index in [-0.39, 0.29) is 41.3 Å². The minimum Gasteiger partial charge on any atom is -0.369 e. The number of nitrogens with zero attached hydrogens (tertiary/aromatic N) is 5. The molecule has 0 amide bonds. The molecule has 2 aromatic rings. The van der Waals surface area contributed by atoms with Crippen LogP contribution in [0.4, 0.5) is 5.95 Å². The number of rotatable bonds is 0. The number of hydrogen-bond donors (Lipinski definition) is 2. The van der Waals surface area contributed by atoms with Gasteiger partial charge in [0.15, 0.2) is 0 Å². The summed E-state index contributed by atoms with van der Waals surface area (Å²) in [4.78, 5) is 16.8. The summed E-state index contributed by atoms with van der Waals surface area (Å²) in [5.41, 5.74) is 4.71. The van der Waals surface area contributed by atoms with Crippen LogP contribution in [0.1, 0.15) is 0 Å². The summed E-state index contributed by atoms with van der Waals surface area (Å²) < 4.78 is 0.913. The molecule has 0 aromatic carbocycles. The summed E-state index contributed by atoms with van der Waals surface area (Å²) in [6.07, 6.45) is 0. The maximum absolute atomic E-state index is 10.9. The second-order valence-corrected chi connectivity index (χ2v) is 1.82. The van der Waals surface area contributed by atoms with E-state index in [2.05, 4.69) is 25.5 Å². The SMILES string of the molecule is Nc1nc2nnnn2c(=O)[nH]1.[Na]. The Bertz CT molecular complexity index is 445. The van der Waals surface area contributed by atoms with Crippen molar-refractivity contribution in [2.24, 2.45) is 0 Å². The topological polar surface area (TPSA) is 115 Å². The Morgan fingerprint density at radius 2 is 2.25 bits per heavy atom. The summed E-state index contributed by atoms with van der Waals surface area (Å²) in [6, 6.07) is 0. The average Bonchev–Trinajstić information content (AvgIpc) is 2.34. The van der Waals surface area contributed by atoms with Gasteiger partial charge in [0, 0.05) is 29.6 Å². The van der Waals surface area contributed by atoms with E-state index in [4.69, 9.17) is 5.73 Å². The third-order valence-corrected chi connectivity index (χ3v) is 1.10. The van der Waals surface area contributed by atoms with Crippen molar-refractivity contribution in [3.8, 4) is 0 Å². The molecule has 2 heterocycles. The van der Waals surface area contributed by atoms with Crippen LogP contribution in [0.3, 0.4) is 0 Å². The van der Waals surface area contributed by atoms with Crippen LogP contribution < -0.4 is 11.4 Å². The zero-order valence-corrected chi connectivity index (χ0v) is 8.22. The predicted molar refractivity (Wildman–Crippen MR) is 39.4 cm³/mol. The number of tetrazole rings is 1. The van der Waals surface area contributed by atoms with Gasteiger partial charge in [0.05, 0.1) is 0 Å². The molecule has 2 aromatic heterocycles. The largest absolute Gasteiger partial charge is 0.369 e. The van der Waals surface area contributed by atoms with E-state index in [1.807, 2.05) is 0 Å². The molecule has 0 aliphatic carbocycles. The van der Waals surface area contributed by atoms with Crippen LogP contribution in [0.5, 0.6) is 0 Å². The first-order valence-corrected chi connectivity index (χ1v) is 2.71. The third kappa shape index (κ3) is 1.31. The molecule has 8 nitrogen and oxygen atoms in total. The number of nitrogens with two attached hydrogens (primary N) is 1. The Kier molecular flexibility index (Phi) is 2.40. The average molecular weight is 176 g/mol. The summed E-state index contributed by atoms with van der Waals surface area (Å²) in [6.45, 7) is 0. The van der Waals surface area contributed by atoms with Crippen LogP contribution in [0.15, 0.2) is 4.79 Å². The minimum atomic E-state index is -0.502. The van der Waals surface area contributed by atoms with E-state index in [0.717, 1.165) is 4.52 Å². The van der Waals surface area contributed by atoms with Crippen molar-refractivity contribution in [2.45, 2.75) is 0 Å². The third-order valence-electron chi connectivity index (χ3n) is 1.10. The van der Waals surface area contributed by atoms with Gasteiger partial charge in [0.25, 0.3) is 5.78 Å². The molecule has 0 fully saturated rings. The first kappa shape index (κ1) is 9.10. The minimum absolute atomic E-state index is 0. The number of nitrogen functional groups attached to an aromatic ring is 1. The molecule has 57 valence electrons. The second kappa shape index (κ2) is 3.17. The van der Waals surface area contributed by atoms with Crippen molar-refractivity contribution in [3.05, 3.63) is 10.5 Å². The van der Waals surface area contributed by atoms with Gasteiger partial charge >= 0.3 is 5.69 Å². The molecule has 0 aliphatic rings. The molecular formula is C3H3N7NaO. The van der Waals surface area contributed by atoms with Gasteiger partial charge in [-0.15, -0.1) is 4.52 Å². The molecule has 0 unspecified atom stereocenters. The van der Waals surface area contributed by atoms with Crippen LogP contribution in [0, 0.1) is 0 Å². The molecular weight excluding hydrogens is 173 g/mol. The van der Waals surface area contributed by atoms with Crippen LogP contribution in [0.25, 0.3) is 5.78 Å². The van der Waals surface area contributed by atoms with Gasteiger partial charge in [-0.2, -0.15) is 4.98 Å². The van der Waals surface area contributed by atoms with Crippen LogP contribution >= 0.6 is 0 Å². The molecule has 3 N–H and O–H groups in total. The van der Waals surface area contributed by atoms with Crippen molar-refractivity contribution in [1.29, 1.82) is 0 Å². The Morgan fingerprint density at radius 3 is 3.00 bits per heavy atom. The number of anilines is 1. The van der Waals surface area contributed by atoms with E-state index < -0.39 is 5.69 Å². The second-order valence-electron chi connectivity index (χ2n) is 1.82. The van der Waals surface area contributed by atoms with Gasteiger partial charge < -0.3 is 5.73 Å². The summed E-state index contributed by atoms with van der Waals surface area (Å²) in [5.74, 6) is 0.0866. The first-order valence-electron chi connectivity index (χ1n) is 2.71. The Balaban J connectivity index is 0.000000720. The molecule has 0 spiro atoms. The number of nitrogens with one attached hydrogen (secondary N) is 1. The van der Waals surface area contributed by atoms with Crippen molar-refractivity contribution in [1.82, 2.24) is 30.0 Å². The molecule has 0 aliphatic heterocycles. The van der Waals surface area contributed by atoms with E-state index in [0.29, 0.717) is 0 Å². The number of fused-ring (bicyclic) bond motifs is 1. The van der Waals surface area contributed by atoms with E-state index in [9.17, 15) is 4.79 Å². The Labute approximate surface area is 87.5 Å². The summed E-state index contributed by atoms with van der Waals surface area (Å²) >= 11 is 0. The zero-order chi connectivity index (χ0) is 7.84. The molecule has 9 heteroatoms. The predicted octanol–water partition coefficient (Wildman–Crippen LogP) is -2.59. The van der Waals surface area contributed by atoms with Gasteiger partial charge in [0.2, 0.25) is 5.95 Å². The summed E-state index contributed by atoms with van der Waals surface area (Å²) in [5, 5.41) is 10.0. The number of aromatic amines is 1. The van der Waals surface area contributed by atoms with Crippen molar-refractivity contribution in [3.63, 3.8) is 0 Å². The van der Waals surface area contributed by atoms with E-state index in [1.165, 1.54) is 0 Å². The fraction of sp³-hybridized carbons (Fsp3) is 0. The van der Waals surface area contributed by atoms with Crippen molar-refractivity contribution in [2.75, 3.05) is 5.73 Å². The Hall–Kier alpha value is -0.990. The van der Waals surface area contributed by atoms with Crippen LogP contribution in [-0.4, -0.2) is 59.6 Å². The van der Waals surface area contributed by atoms with Gasteiger partial charge in [-0.1, -0.05) is 5.10 Å². The quantitative estimate of drug-likeness (QED) is 0.425. The number of aromatic nitrogens is 6. The smallest absolute Gasteiger partial charge is 0.353 e. The number of hydrogen-bond acceptors (Lipinski definition) is 6. The fourth-order valence-corrected chi connectivity index (χ4v) is 0.682. The molecule has 0 saturated carbocycles. The van der Waals surface area contributed by atoms with Crippen molar-refractivity contribution >= 4 is 41.3 Å². The maximum atomic E-state index is 10.9. The Morgan fingerprint density at radius 1 is 1.50 bits per heavy atom. The summed E-state index contributed by atoms with van der Waals surface area (Å²) in [7, 11) is 0. The standard InChI is InChI=1S/C3H3N7O.Na/c4-1-5-2-7-8-9-10(2)3(11)6-1;/h(H3,4,5,6,7,9,11);. The fourth-order valence-electron chi connectivity index (χ4n) is 0.682. The molecule has 0 atom stereocenters. The normalized spacial score (nSPS) is 9.67. The molecule has 0 saturated heterocycles. The molecule has 0 bridgehead atoms. The van der Waals surface area contributed by atoms with Crippen molar-refractivity contribution < 1.29 is 0 Å². The first-order chi connectivity index (χ1) is 5.27. The van der Waals surface area contributed by atoms with Gasteiger partial charge in [-0.3, -0.25) is 4.98 Å². The van der Waals surface area contributed by atoms with E-state index in [1.54, 1.807) is 0 Å². The van der Waals surface area contributed by atoms with Crippen LogP contribution in [0.2, 0.25) is 0 Å².